The summed E-state index contributed by atoms with van der Waals surface area (Å²) < 4.78 is 68.0. The molecule has 48 heavy (non-hydrogen) atoms. The molecule has 2 bridgehead atoms. The van der Waals surface area contributed by atoms with Crippen LogP contribution in [0.15, 0.2) is 24.3 Å². The number of nitrogens with one attached hydrogen (secondary N) is 3. The summed E-state index contributed by atoms with van der Waals surface area (Å²) in [5.41, 5.74) is 3.64. The normalized spacial score (nSPS) is 24.8. The number of sulfonamides is 1. The summed E-state index contributed by atoms with van der Waals surface area (Å²) in [6.07, 6.45) is -0.788. The molecule has 0 amide bonds. The zero-order valence-electron chi connectivity index (χ0n) is 27.3. The van der Waals surface area contributed by atoms with Gasteiger partial charge in [0.2, 0.25) is 16.0 Å². The van der Waals surface area contributed by atoms with Crippen molar-refractivity contribution in [3.05, 3.63) is 46.0 Å². The van der Waals surface area contributed by atoms with Crippen molar-refractivity contribution < 1.29 is 21.6 Å². The Morgan fingerprint density at radius 1 is 1.15 bits per heavy atom. The van der Waals surface area contributed by atoms with E-state index in [1.165, 1.54) is 11.8 Å². The fourth-order valence-electron chi connectivity index (χ4n) is 8.34. The van der Waals surface area contributed by atoms with Crippen LogP contribution in [0.1, 0.15) is 54.3 Å². The minimum absolute atomic E-state index is 0.0127. The maximum absolute atomic E-state index is 13.1. The van der Waals surface area contributed by atoms with Gasteiger partial charge in [0.15, 0.2) is 0 Å². The number of hydrogen-bond donors (Lipinski definition) is 3. The first-order chi connectivity index (χ1) is 22.6. The smallest absolute Gasteiger partial charge is 0.367 e. The second kappa shape index (κ2) is 11.6. The molecule has 4 aliphatic rings. The Bertz CT molecular complexity index is 2050. The van der Waals surface area contributed by atoms with Gasteiger partial charge in [0.05, 0.1) is 18.1 Å². The van der Waals surface area contributed by atoms with Crippen LogP contribution in [-0.4, -0.2) is 72.0 Å². The first-order valence-electron chi connectivity index (χ1n) is 16.2. The standard InChI is InChI=1S/C33H39F3N8O2S2/c1-19-21(5-6-27-25(19)11-23(14-37)44(27)18-31-16-32(17-31,20(31)2)42-48(4,45)46)15-43-9-7-22(8-10-43)39-28-26-12-24(13-33(34,35)36)47-29(26)41-30(38-3)40-28/h5-6,11-12,20,22,42H,7-10,13,15-18H2,1-4H3,(H2,38,39,40,41)/t20-,31?,32?/m0/s1. The molecule has 1 saturated heterocycles. The second-order valence-corrected chi connectivity index (χ2v) is 16.9. The van der Waals surface area contributed by atoms with Gasteiger partial charge in [-0.1, -0.05) is 13.0 Å². The highest BCUT2D eigenvalue weighted by atomic mass is 32.2. The number of aryl methyl sites for hydroxylation is 1. The Morgan fingerprint density at radius 2 is 1.88 bits per heavy atom. The molecule has 10 nitrogen and oxygen atoms in total. The van der Waals surface area contributed by atoms with Crippen LogP contribution in [0.25, 0.3) is 21.1 Å². The number of halogens is 3. The van der Waals surface area contributed by atoms with Gasteiger partial charge in [-0.2, -0.15) is 23.4 Å². The largest absolute Gasteiger partial charge is 0.393 e. The van der Waals surface area contributed by atoms with Crippen LogP contribution < -0.4 is 15.4 Å². The molecule has 15 heteroatoms. The maximum atomic E-state index is 13.1. The highest BCUT2D eigenvalue weighted by molar-refractivity contribution is 7.88. The number of rotatable bonds is 10. The van der Waals surface area contributed by atoms with E-state index in [4.69, 9.17) is 0 Å². The number of benzene rings is 1. The van der Waals surface area contributed by atoms with Crippen LogP contribution in [0.5, 0.6) is 0 Å². The Morgan fingerprint density at radius 3 is 2.50 bits per heavy atom. The highest BCUT2D eigenvalue weighted by Crippen LogP contribution is 2.72. The van der Waals surface area contributed by atoms with Crippen molar-refractivity contribution in [2.45, 2.75) is 76.8 Å². The number of nitrogens with zero attached hydrogens (tertiary/aromatic N) is 5. The summed E-state index contributed by atoms with van der Waals surface area (Å²) in [6, 6.07) is 10.3. The third kappa shape index (κ3) is 5.90. The van der Waals surface area contributed by atoms with Crippen molar-refractivity contribution in [2.75, 3.05) is 37.0 Å². The second-order valence-electron chi connectivity index (χ2n) is 14.0. The molecule has 1 aliphatic heterocycles. The number of anilines is 2. The molecule has 0 spiro atoms. The van der Waals surface area contributed by atoms with E-state index in [2.05, 4.69) is 66.8 Å². The summed E-state index contributed by atoms with van der Waals surface area (Å²) in [5.74, 6) is 1.12. The van der Waals surface area contributed by atoms with Crippen molar-refractivity contribution in [2.24, 2.45) is 11.3 Å². The fraction of sp³-hybridized carbons (Fsp3) is 0.545. The topological polar surface area (TPSA) is 128 Å². The minimum atomic E-state index is -4.29. The van der Waals surface area contributed by atoms with Gasteiger partial charge >= 0.3 is 6.18 Å². The van der Waals surface area contributed by atoms with Gasteiger partial charge in [-0.05, 0) is 73.3 Å². The Hall–Kier alpha value is -3.45. The molecule has 1 atom stereocenters. The number of hydrogen-bond acceptors (Lipinski definition) is 9. The number of thiophene rings is 1. The molecule has 8 rings (SSSR count). The molecule has 4 aromatic rings. The van der Waals surface area contributed by atoms with Crippen molar-refractivity contribution in [1.82, 2.24) is 24.2 Å². The lowest BCUT2D eigenvalue weighted by Gasteiger charge is -2.75. The molecule has 3 saturated carbocycles. The van der Waals surface area contributed by atoms with Gasteiger partial charge in [0.25, 0.3) is 0 Å². The molecule has 4 heterocycles. The summed E-state index contributed by atoms with van der Waals surface area (Å²) in [6.45, 7) is 7.37. The monoisotopic (exact) mass is 700 g/mol. The molecule has 1 aromatic carbocycles. The summed E-state index contributed by atoms with van der Waals surface area (Å²) in [4.78, 5) is 12.1. The van der Waals surface area contributed by atoms with Gasteiger partial charge in [0.1, 0.15) is 22.4 Å². The van der Waals surface area contributed by atoms with Crippen LogP contribution in [0.4, 0.5) is 24.9 Å². The van der Waals surface area contributed by atoms with E-state index in [0.717, 1.165) is 73.1 Å². The van der Waals surface area contributed by atoms with Crippen LogP contribution in [0.2, 0.25) is 0 Å². The molecule has 3 aromatic heterocycles. The first-order valence-corrected chi connectivity index (χ1v) is 18.9. The van der Waals surface area contributed by atoms with E-state index in [1.807, 2.05) is 6.07 Å². The van der Waals surface area contributed by atoms with E-state index in [0.29, 0.717) is 34.2 Å². The number of alkyl halides is 3. The molecular weight excluding hydrogens is 662 g/mol. The lowest BCUT2D eigenvalue weighted by Crippen LogP contribution is -2.81. The number of piperidine rings is 1. The van der Waals surface area contributed by atoms with E-state index in [9.17, 15) is 26.9 Å². The number of nitriles is 1. The van der Waals surface area contributed by atoms with Crippen LogP contribution in [-0.2, 0) is 29.5 Å². The van der Waals surface area contributed by atoms with Gasteiger partial charge in [-0.25, -0.2) is 18.1 Å². The van der Waals surface area contributed by atoms with Gasteiger partial charge in [-0.15, -0.1) is 11.3 Å². The summed E-state index contributed by atoms with van der Waals surface area (Å²) >= 11 is 1.05. The number of likely N-dealkylation sites (tertiary alicyclic amines) is 1. The van der Waals surface area contributed by atoms with Gasteiger partial charge < -0.3 is 15.2 Å². The quantitative estimate of drug-likeness (QED) is 0.191. The maximum Gasteiger partial charge on any atom is 0.393 e. The average molecular weight is 701 g/mol. The number of fused-ring (bicyclic) bond motifs is 2. The van der Waals surface area contributed by atoms with E-state index in [1.54, 1.807) is 13.1 Å². The molecule has 3 N–H and O–H groups in total. The van der Waals surface area contributed by atoms with Crippen molar-refractivity contribution in [1.29, 1.82) is 5.26 Å². The number of aromatic nitrogens is 3. The molecule has 0 radical (unpaired) electrons. The van der Waals surface area contributed by atoms with Crippen LogP contribution >= 0.6 is 11.3 Å². The van der Waals surface area contributed by atoms with E-state index < -0.39 is 22.6 Å². The van der Waals surface area contributed by atoms with Gasteiger partial charge in [-0.3, -0.25) is 4.90 Å². The van der Waals surface area contributed by atoms with Crippen molar-refractivity contribution >= 4 is 54.2 Å². The van der Waals surface area contributed by atoms with E-state index >= 15 is 0 Å². The molecule has 4 fully saturated rings. The lowest BCUT2D eigenvalue weighted by atomic mass is 9.33. The molecular formula is C33H39F3N8O2S2. The minimum Gasteiger partial charge on any atom is -0.367 e. The average Bonchev–Trinajstić information content (AvgIpc) is 3.57. The molecule has 3 aliphatic carbocycles. The highest BCUT2D eigenvalue weighted by Gasteiger charge is 2.74. The molecule has 256 valence electrons. The fourth-order valence-corrected chi connectivity index (χ4v) is 10.5. The van der Waals surface area contributed by atoms with Crippen molar-refractivity contribution in [3.8, 4) is 6.07 Å². The Kier molecular flexibility index (Phi) is 7.97. The van der Waals surface area contributed by atoms with Crippen molar-refractivity contribution in [3.63, 3.8) is 0 Å². The Balaban J connectivity index is 1.02. The predicted octanol–water partition coefficient (Wildman–Crippen LogP) is 5.77. The lowest BCUT2D eigenvalue weighted by molar-refractivity contribution is -0.218. The summed E-state index contributed by atoms with van der Waals surface area (Å²) in [7, 11) is -1.59. The van der Waals surface area contributed by atoms with E-state index in [-0.39, 0.29) is 27.8 Å². The first kappa shape index (κ1) is 33.1. The third-order valence-corrected chi connectivity index (χ3v) is 12.7. The summed E-state index contributed by atoms with van der Waals surface area (Å²) in [5, 5.41) is 18.1. The predicted molar refractivity (Wildman–Crippen MR) is 182 cm³/mol. The van der Waals surface area contributed by atoms with Crippen LogP contribution in [0, 0.1) is 29.6 Å². The zero-order valence-corrected chi connectivity index (χ0v) is 29.0. The zero-order chi connectivity index (χ0) is 34.2. The van der Waals surface area contributed by atoms with Crippen LogP contribution in [0.3, 0.4) is 0 Å². The Labute approximate surface area is 281 Å². The third-order valence-electron chi connectivity index (χ3n) is 10.9. The SMILES string of the molecule is CNc1nc(NC2CCN(Cc3ccc4c(cc(C#N)n4CC45CC(NS(C)(=O)=O)(C4)[C@H]5C)c3C)CC2)c2cc(CC(F)(F)F)sc2n1. The van der Waals surface area contributed by atoms with Gasteiger partial charge in [0, 0.05) is 60.6 Å². The molecule has 0 unspecified atom stereocenters.